The Labute approximate surface area is 125 Å². The smallest absolute Gasteiger partial charge is 0.143 e. The zero-order valence-corrected chi connectivity index (χ0v) is 12.4. The fraction of sp³-hybridized carbons (Fsp3) is 0.133. The van der Waals surface area contributed by atoms with Gasteiger partial charge in [-0.3, -0.25) is 0 Å². The van der Waals surface area contributed by atoms with Gasteiger partial charge in [-0.2, -0.15) is 5.26 Å². The van der Waals surface area contributed by atoms with Gasteiger partial charge >= 0.3 is 0 Å². The summed E-state index contributed by atoms with van der Waals surface area (Å²) in [7, 11) is 1.54. The van der Waals surface area contributed by atoms with Crippen LogP contribution in [0.1, 0.15) is 11.1 Å². The molecule has 2 aromatic carbocycles. The van der Waals surface area contributed by atoms with Crippen molar-refractivity contribution in [1.29, 1.82) is 5.26 Å². The predicted molar refractivity (Wildman–Crippen MR) is 79.1 cm³/mol. The third-order valence-corrected chi connectivity index (χ3v) is 3.19. The molecule has 0 fully saturated rings. The van der Waals surface area contributed by atoms with Gasteiger partial charge < -0.3 is 10.1 Å². The Morgan fingerprint density at radius 1 is 1.30 bits per heavy atom. The summed E-state index contributed by atoms with van der Waals surface area (Å²) in [5.41, 5.74) is 2.09. The van der Waals surface area contributed by atoms with Crippen LogP contribution in [0.15, 0.2) is 40.9 Å². The second kappa shape index (κ2) is 6.40. The molecule has 5 heteroatoms. The third kappa shape index (κ3) is 3.49. The number of hydrogen-bond acceptors (Lipinski definition) is 3. The zero-order valence-electron chi connectivity index (χ0n) is 10.8. The standard InChI is InChI=1S/C15H12BrFN2O/c1-20-15-6-10(8-18)2-3-14(15)19-9-11-4-12(16)7-13(17)5-11/h2-7,19H,9H2,1H3. The predicted octanol–water partition coefficient (Wildman–Crippen LogP) is 4.08. The van der Waals surface area contributed by atoms with Crippen molar-refractivity contribution in [2.45, 2.75) is 6.54 Å². The Bertz CT molecular complexity index is 647. The maximum absolute atomic E-state index is 13.3. The van der Waals surface area contributed by atoms with Crippen LogP contribution in [0.3, 0.4) is 0 Å². The van der Waals surface area contributed by atoms with Gasteiger partial charge in [-0.1, -0.05) is 15.9 Å². The van der Waals surface area contributed by atoms with E-state index in [9.17, 15) is 4.39 Å². The van der Waals surface area contributed by atoms with Gasteiger partial charge in [-0.15, -0.1) is 0 Å². The first kappa shape index (κ1) is 14.4. The van der Waals surface area contributed by atoms with Gasteiger partial charge in [0, 0.05) is 17.1 Å². The van der Waals surface area contributed by atoms with Crippen LogP contribution >= 0.6 is 15.9 Å². The van der Waals surface area contributed by atoms with Crippen molar-refractivity contribution in [3.05, 3.63) is 57.8 Å². The van der Waals surface area contributed by atoms with E-state index in [4.69, 9.17) is 10.00 Å². The summed E-state index contributed by atoms with van der Waals surface area (Å²) in [5, 5.41) is 12.0. The summed E-state index contributed by atoms with van der Waals surface area (Å²) in [4.78, 5) is 0. The van der Waals surface area contributed by atoms with E-state index in [0.29, 0.717) is 22.3 Å². The van der Waals surface area contributed by atoms with Crippen LogP contribution in [0.5, 0.6) is 5.75 Å². The number of hydrogen-bond donors (Lipinski definition) is 1. The zero-order chi connectivity index (χ0) is 14.5. The number of nitrogens with zero attached hydrogens (tertiary/aromatic N) is 1. The van der Waals surface area contributed by atoms with Crippen molar-refractivity contribution in [2.75, 3.05) is 12.4 Å². The maximum Gasteiger partial charge on any atom is 0.143 e. The lowest BCUT2D eigenvalue weighted by molar-refractivity contribution is 0.416. The van der Waals surface area contributed by atoms with E-state index < -0.39 is 0 Å². The molecule has 0 saturated carbocycles. The first-order chi connectivity index (χ1) is 9.62. The van der Waals surface area contributed by atoms with Crippen LogP contribution in [0.2, 0.25) is 0 Å². The summed E-state index contributed by atoms with van der Waals surface area (Å²) in [6.07, 6.45) is 0. The van der Waals surface area contributed by atoms with Gasteiger partial charge in [0.05, 0.1) is 24.4 Å². The number of ether oxygens (including phenoxy) is 1. The molecule has 0 spiro atoms. The Balaban J connectivity index is 2.16. The molecule has 0 aliphatic carbocycles. The minimum Gasteiger partial charge on any atom is -0.495 e. The molecule has 0 amide bonds. The molecule has 2 aromatic rings. The monoisotopic (exact) mass is 334 g/mol. The fourth-order valence-corrected chi connectivity index (χ4v) is 2.33. The number of rotatable bonds is 4. The summed E-state index contributed by atoms with van der Waals surface area (Å²) in [6.45, 7) is 0.457. The van der Waals surface area contributed by atoms with Crippen molar-refractivity contribution >= 4 is 21.6 Å². The van der Waals surface area contributed by atoms with Gasteiger partial charge in [0.2, 0.25) is 0 Å². The van der Waals surface area contributed by atoms with Crippen molar-refractivity contribution in [3.63, 3.8) is 0 Å². The number of methoxy groups -OCH3 is 1. The molecule has 0 aromatic heterocycles. The average molecular weight is 335 g/mol. The lowest BCUT2D eigenvalue weighted by Crippen LogP contribution is -2.02. The molecule has 0 saturated heterocycles. The Hall–Kier alpha value is -2.06. The highest BCUT2D eigenvalue weighted by Crippen LogP contribution is 2.26. The summed E-state index contributed by atoms with van der Waals surface area (Å²) < 4.78 is 19.2. The quantitative estimate of drug-likeness (QED) is 0.916. The SMILES string of the molecule is COc1cc(C#N)ccc1NCc1cc(F)cc(Br)c1. The number of benzene rings is 2. The highest BCUT2D eigenvalue weighted by atomic mass is 79.9. The molecule has 0 aliphatic rings. The van der Waals surface area contributed by atoms with Crippen LogP contribution in [0, 0.1) is 17.1 Å². The Morgan fingerprint density at radius 3 is 2.75 bits per heavy atom. The maximum atomic E-state index is 13.3. The molecule has 2 rings (SSSR count). The molecule has 0 atom stereocenters. The topological polar surface area (TPSA) is 45.0 Å². The van der Waals surface area contributed by atoms with Crippen LogP contribution in [0.4, 0.5) is 10.1 Å². The summed E-state index contributed by atoms with van der Waals surface area (Å²) in [5.74, 6) is 0.294. The second-order valence-electron chi connectivity index (χ2n) is 4.16. The number of halogens is 2. The fourth-order valence-electron chi connectivity index (χ4n) is 1.82. The molecular formula is C15H12BrFN2O. The molecule has 0 aliphatic heterocycles. The molecule has 3 nitrogen and oxygen atoms in total. The van der Waals surface area contributed by atoms with Crippen LogP contribution in [-0.4, -0.2) is 7.11 Å². The lowest BCUT2D eigenvalue weighted by Gasteiger charge is -2.11. The van der Waals surface area contributed by atoms with E-state index in [0.717, 1.165) is 11.3 Å². The molecule has 0 bridgehead atoms. The third-order valence-electron chi connectivity index (χ3n) is 2.74. The highest BCUT2D eigenvalue weighted by Gasteiger charge is 2.05. The second-order valence-corrected chi connectivity index (χ2v) is 5.07. The van der Waals surface area contributed by atoms with Crippen molar-refractivity contribution in [1.82, 2.24) is 0 Å². The molecular weight excluding hydrogens is 323 g/mol. The van der Waals surface area contributed by atoms with Gasteiger partial charge in [0.1, 0.15) is 11.6 Å². The largest absolute Gasteiger partial charge is 0.495 e. The molecule has 102 valence electrons. The van der Waals surface area contributed by atoms with Crippen LogP contribution in [0.25, 0.3) is 0 Å². The number of nitrogens with one attached hydrogen (secondary N) is 1. The minimum absolute atomic E-state index is 0.289. The molecule has 0 heterocycles. The van der Waals surface area contributed by atoms with Gasteiger partial charge in [0.15, 0.2) is 0 Å². The highest BCUT2D eigenvalue weighted by molar-refractivity contribution is 9.10. The average Bonchev–Trinajstić information content (AvgIpc) is 2.44. The minimum atomic E-state index is -0.289. The van der Waals surface area contributed by atoms with Gasteiger partial charge in [0.25, 0.3) is 0 Å². The van der Waals surface area contributed by atoms with E-state index in [1.807, 2.05) is 6.07 Å². The first-order valence-corrected chi connectivity index (χ1v) is 6.68. The van der Waals surface area contributed by atoms with E-state index in [-0.39, 0.29) is 5.82 Å². The molecule has 20 heavy (non-hydrogen) atoms. The van der Waals surface area contributed by atoms with Crippen molar-refractivity contribution in [3.8, 4) is 11.8 Å². The normalized spacial score (nSPS) is 9.90. The summed E-state index contributed by atoms with van der Waals surface area (Å²) in [6, 6.07) is 11.9. The number of nitriles is 1. The van der Waals surface area contributed by atoms with E-state index >= 15 is 0 Å². The van der Waals surface area contributed by atoms with Gasteiger partial charge in [-0.05, 0) is 35.9 Å². The Kier molecular flexibility index (Phi) is 4.59. The van der Waals surface area contributed by atoms with E-state index in [1.165, 1.54) is 12.1 Å². The first-order valence-electron chi connectivity index (χ1n) is 5.89. The Morgan fingerprint density at radius 2 is 2.10 bits per heavy atom. The molecule has 0 unspecified atom stereocenters. The van der Waals surface area contributed by atoms with Crippen LogP contribution in [-0.2, 0) is 6.54 Å². The molecule has 1 N–H and O–H groups in total. The van der Waals surface area contributed by atoms with Crippen molar-refractivity contribution in [2.24, 2.45) is 0 Å². The van der Waals surface area contributed by atoms with E-state index in [1.54, 1.807) is 25.3 Å². The molecule has 0 radical (unpaired) electrons. The summed E-state index contributed by atoms with van der Waals surface area (Å²) >= 11 is 3.26. The van der Waals surface area contributed by atoms with E-state index in [2.05, 4.69) is 27.3 Å². The van der Waals surface area contributed by atoms with Crippen LogP contribution < -0.4 is 10.1 Å². The van der Waals surface area contributed by atoms with Gasteiger partial charge in [-0.25, -0.2) is 4.39 Å². The van der Waals surface area contributed by atoms with Crippen molar-refractivity contribution < 1.29 is 9.13 Å². The lowest BCUT2D eigenvalue weighted by atomic mass is 10.2. The number of anilines is 1.